The van der Waals surface area contributed by atoms with E-state index in [9.17, 15) is 9.59 Å². The second-order valence-electron chi connectivity index (χ2n) is 2.04. The third kappa shape index (κ3) is 6.79. The molecular formula is C6H11NO4. The molecule has 0 bridgehead atoms. The van der Waals surface area contributed by atoms with E-state index in [0.717, 1.165) is 0 Å². The van der Waals surface area contributed by atoms with Crippen LogP contribution < -0.4 is 5.32 Å². The highest BCUT2D eigenvalue weighted by Crippen LogP contribution is 1.91. The summed E-state index contributed by atoms with van der Waals surface area (Å²) in [7, 11) is 0. The van der Waals surface area contributed by atoms with Crippen LogP contribution in [0.4, 0.5) is 0 Å². The molecule has 0 saturated heterocycles. The Kier molecular flexibility index (Phi) is 5.10. The lowest BCUT2D eigenvalue weighted by Gasteiger charge is -2.04. The van der Waals surface area contributed by atoms with Crippen LogP contribution in [-0.4, -0.2) is 30.3 Å². The molecular weight excluding hydrogens is 150 g/mol. The SMILES string of the molecule is CC(O)CC(=O)OCNC=O. The van der Waals surface area contributed by atoms with Crippen molar-refractivity contribution in [1.29, 1.82) is 0 Å². The summed E-state index contributed by atoms with van der Waals surface area (Å²) >= 11 is 0. The van der Waals surface area contributed by atoms with Crippen LogP contribution in [0.2, 0.25) is 0 Å². The number of aliphatic hydroxyl groups excluding tert-OH is 1. The fraction of sp³-hybridized carbons (Fsp3) is 0.667. The molecule has 0 saturated carbocycles. The van der Waals surface area contributed by atoms with E-state index in [1.54, 1.807) is 0 Å². The summed E-state index contributed by atoms with van der Waals surface area (Å²) in [5.74, 6) is -0.533. The molecule has 0 aromatic rings. The van der Waals surface area contributed by atoms with Crippen LogP contribution in [-0.2, 0) is 14.3 Å². The van der Waals surface area contributed by atoms with Crippen molar-refractivity contribution in [2.24, 2.45) is 0 Å². The zero-order valence-corrected chi connectivity index (χ0v) is 6.24. The van der Waals surface area contributed by atoms with Gasteiger partial charge in [-0.3, -0.25) is 9.59 Å². The van der Waals surface area contributed by atoms with Gasteiger partial charge in [0.15, 0.2) is 6.73 Å². The summed E-state index contributed by atoms with van der Waals surface area (Å²) in [6.07, 6.45) is -0.338. The lowest BCUT2D eigenvalue weighted by Crippen LogP contribution is -2.21. The molecule has 0 aliphatic heterocycles. The topological polar surface area (TPSA) is 75.6 Å². The number of aliphatic hydroxyl groups is 1. The molecule has 0 fully saturated rings. The molecule has 0 spiro atoms. The number of amides is 1. The predicted octanol–water partition coefficient (Wildman–Crippen LogP) is -0.996. The molecule has 5 heteroatoms. The largest absolute Gasteiger partial charge is 0.444 e. The summed E-state index contributed by atoms with van der Waals surface area (Å²) < 4.78 is 4.45. The zero-order valence-electron chi connectivity index (χ0n) is 6.24. The summed E-state index contributed by atoms with van der Waals surface area (Å²) in [6, 6.07) is 0. The van der Waals surface area contributed by atoms with Gasteiger partial charge in [0, 0.05) is 0 Å². The minimum absolute atomic E-state index is 0.0550. The van der Waals surface area contributed by atoms with Crippen LogP contribution in [0.15, 0.2) is 0 Å². The van der Waals surface area contributed by atoms with E-state index in [-0.39, 0.29) is 13.2 Å². The first-order valence-corrected chi connectivity index (χ1v) is 3.17. The Morgan fingerprint density at radius 3 is 2.91 bits per heavy atom. The average molecular weight is 161 g/mol. The van der Waals surface area contributed by atoms with Crippen LogP contribution in [0.25, 0.3) is 0 Å². The van der Waals surface area contributed by atoms with Gasteiger partial charge in [0.05, 0.1) is 12.5 Å². The predicted molar refractivity (Wildman–Crippen MR) is 36.5 cm³/mol. The molecule has 11 heavy (non-hydrogen) atoms. The lowest BCUT2D eigenvalue weighted by molar-refractivity contribution is -0.146. The smallest absolute Gasteiger partial charge is 0.310 e. The Bertz CT molecular complexity index is 135. The fourth-order valence-corrected chi connectivity index (χ4v) is 0.456. The quantitative estimate of drug-likeness (QED) is 0.235. The first kappa shape index (κ1) is 9.90. The molecule has 0 heterocycles. The summed E-state index contributed by atoms with van der Waals surface area (Å²) in [5.41, 5.74) is 0. The van der Waals surface area contributed by atoms with Crippen molar-refractivity contribution in [3.8, 4) is 0 Å². The second-order valence-corrected chi connectivity index (χ2v) is 2.04. The Labute approximate surface area is 64.3 Å². The maximum Gasteiger partial charge on any atom is 0.310 e. The van der Waals surface area contributed by atoms with Gasteiger partial charge < -0.3 is 15.2 Å². The van der Waals surface area contributed by atoms with Crippen LogP contribution in [0.3, 0.4) is 0 Å². The Morgan fingerprint density at radius 1 is 1.82 bits per heavy atom. The third-order valence-corrected chi connectivity index (χ3v) is 0.862. The van der Waals surface area contributed by atoms with E-state index in [1.165, 1.54) is 6.92 Å². The number of nitrogens with one attached hydrogen (secondary N) is 1. The number of hydrogen-bond donors (Lipinski definition) is 2. The molecule has 1 atom stereocenters. The molecule has 1 amide bonds. The standard InChI is InChI=1S/C6H11NO4/c1-5(9)2-6(10)11-4-7-3-8/h3,5,9H,2,4H2,1H3,(H,7,8). The van der Waals surface area contributed by atoms with Crippen molar-refractivity contribution in [2.75, 3.05) is 6.73 Å². The number of esters is 1. The number of rotatable bonds is 5. The van der Waals surface area contributed by atoms with Crippen LogP contribution in [0, 0.1) is 0 Å². The van der Waals surface area contributed by atoms with Crippen molar-refractivity contribution in [3.63, 3.8) is 0 Å². The van der Waals surface area contributed by atoms with E-state index in [4.69, 9.17) is 5.11 Å². The van der Waals surface area contributed by atoms with Gasteiger partial charge in [0.2, 0.25) is 6.41 Å². The number of ether oxygens (including phenoxy) is 1. The number of hydrogen-bond acceptors (Lipinski definition) is 4. The monoisotopic (exact) mass is 161 g/mol. The van der Waals surface area contributed by atoms with Crippen molar-refractivity contribution >= 4 is 12.4 Å². The second kappa shape index (κ2) is 5.67. The highest BCUT2D eigenvalue weighted by atomic mass is 16.5. The van der Waals surface area contributed by atoms with E-state index in [1.807, 2.05) is 0 Å². The van der Waals surface area contributed by atoms with Gasteiger partial charge in [0.1, 0.15) is 0 Å². The fourth-order valence-electron chi connectivity index (χ4n) is 0.456. The number of carbonyl (C=O) groups excluding carboxylic acids is 2. The minimum Gasteiger partial charge on any atom is -0.444 e. The molecule has 0 aliphatic carbocycles. The Balaban J connectivity index is 3.30. The summed E-state index contributed by atoms with van der Waals surface area (Å²) in [5, 5.41) is 10.8. The van der Waals surface area contributed by atoms with Gasteiger partial charge in [-0.2, -0.15) is 0 Å². The van der Waals surface area contributed by atoms with Crippen molar-refractivity contribution in [1.82, 2.24) is 5.32 Å². The molecule has 0 aliphatic rings. The summed E-state index contributed by atoms with van der Waals surface area (Å²) in [4.78, 5) is 20.2. The highest BCUT2D eigenvalue weighted by Gasteiger charge is 2.05. The van der Waals surface area contributed by atoms with Crippen LogP contribution in [0.5, 0.6) is 0 Å². The lowest BCUT2D eigenvalue weighted by atomic mass is 10.3. The van der Waals surface area contributed by atoms with Crippen molar-refractivity contribution < 1.29 is 19.4 Å². The van der Waals surface area contributed by atoms with Gasteiger partial charge in [-0.15, -0.1) is 0 Å². The van der Waals surface area contributed by atoms with E-state index in [0.29, 0.717) is 6.41 Å². The highest BCUT2D eigenvalue weighted by molar-refractivity contribution is 5.69. The minimum atomic E-state index is -0.710. The Morgan fingerprint density at radius 2 is 2.45 bits per heavy atom. The Hall–Kier alpha value is -1.10. The van der Waals surface area contributed by atoms with Crippen LogP contribution >= 0.6 is 0 Å². The first-order chi connectivity index (χ1) is 5.16. The van der Waals surface area contributed by atoms with E-state index < -0.39 is 12.1 Å². The summed E-state index contributed by atoms with van der Waals surface area (Å²) in [6.45, 7) is 1.34. The van der Waals surface area contributed by atoms with Gasteiger partial charge >= 0.3 is 5.97 Å². The molecule has 0 aromatic heterocycles. The number of carbonyl (C=O) groups is 2. The molecule has 5 nitrogen and oxygen atoms in total. The molecule has 0 aromatic carbocycles. The molecule has 64 valence electrons. The maximum atomic E-state index is 10.6. The third-order valence-electron chi connectivity index (χ3n) is 0.862. The van der Waals surface area contributed by atoms with Crippen molar-refractivity contribution in [3.05, 3.63) is 0 Å². The van der Waals surface area contributed by atoms with E-state index >= 15 is 0 Å². The van der Waals surface area contributed by atoms with Gasteiger partial charge in [-0.05, 0) is 6.92 Å². The molecule has 0 radical (unpaired) electrons. The van der Waals surface area contributed by atoms with Gasteiger partial charge in [0.25, 0.3) is 0 Å². The molecule has 2 N–H and O–H groups in total. The molecule has 0 rings (SSSR count). The normalized spacial score (nSPS) is 11.8. The van der Waals surface area contributed by atoms with Gasteiger partial charge in [-0.1, -0.05) is 0 Å². The maximum absolute atomic E-state index is 10.6. The van der Waals surface area contributed by atoms with E-state index in [2.05, 4.69) is 10.1 Å². The average Bonchev–Trinajstić information content (AvgIpc) is 1.86. The zero-order chi connectivity index (χ0) is 8.69. The van der Waals surface area contributed by atoms with Crippen LogP contribution in [0.1, 0.15) is 13.3 Å². The first-order valence-electron chi connectivity index (χ1n) is 3.17. The molecule has 1 unspecified atom stereocenters. The van der Waals surface area contributed by atoms with Gasteiger partial charge in [-0.25, -0.2) is 0 Å². The van der Waals surface area contributed by atoms with Crippen molar-refractivity contribution in [2.45, 2.75) is 19.4 Å².